The Morgan fingerprint density at radius 3 is 2.57 bits per heavy atom. The van der Waals surface area contributed by atoms with Crippen LogP contribution in [0.4, 0.5) is 4.79 Å². The van der Waals surface area contributed by atoms with E-state index in [4.69, 9.17) is 5.11 Å². The van der Waals surface area contributed by atoms with E-state index >= 15 is 0 Å². The molecule has 5 heteroatoms. The average molecular weight is 200 g/mol. The lowest BCUT2D eigenvalue weighted by Crippen LogP contribution is -2.46. The molecule has 14 heavy (non-hydrogen) atoms. The number of amides is 2. The van der Waals surface area contributed by atoms with E-state index in [2.05, 4.69) is 11.9 Å². The average Bonchev–Trinajstić information content (AvgIpc) is 2.15. The summed E-state index contributed by atoms with van der Waals surface area (Å²) >= 11 is 0. The number of urea groups is 1. The second kappa shape index (κ2) is 6.01. The van der Waals surface area contributed by atoms with Crippen molar-refractivity contribution in [1.82, 2.24) is 10.2 Å². The molecule has 2 N–H and O–H groups in total. The Morgan fingerprint density at radius 2 is 2.21 bits per heavy atom. The van der Waals surface area contributed by atoms with Crippen LogP contribution in [0.15, 0.2) is 12.7 Å². The number of hydrogen-bond donors (Lipinski definition) is 2. The van der Waals surface area contributed by atoms with Crippen molar-refractivity contribution in [2.75, 3.05) is 13.6 Å². The summed E-state index contributed by atoms with van der Waals surface area (Å²) in [4.78, 5) is 23.3. The largest absolute Gasteiger partial charge is 0.480 e. The van der Waals surface area contributed by atoms with Crippen LogP contribution >= 0.6 is 0 Å². The van der Waals surface area contributed by atoms with Crippen LogP contribution in [-0.2, 0) is 4.79 Å². The van der Waals surface area contributed by atoms with Gasteiger partial charge in [-0.3, -0.25) is 0 Å². The van der Waals surface area contributed by atoms with Crippen molar-refractivity contribution in [2.24, 2.45) is 0 Å². The van der Waals surface area contributed by atoms with Gasteiger partial charge in [-0.15, -0.1) is 6.58 Å². The van der Waals surface area contributed by atoms with Crippen molar-refractivity contribution in [1.29, 1.82) is 0 Å². The summed E-state index contributed by atoms with van der Waals surface area (Å²) in [6.07, 6.45) is 1.68. The predicted octanol–water partition coefficient (Wildman–Crippen LogP) is 0.677. The molecule has 0 aliphatic rings. The van der Waals surface area contributed by atoms with Crippen molar-refractivity contribution in [3.8, 4) is 0 Å². The van der Waals surface area contributed by atoms with Crippen LogP contribution in [0.3, 0.4) is 0 Å². The molecule has 0 radical (unpaired) electrons. The number of rotatable bonds is 5. The van der Waals surface area contributed by atoms with Crippen molar-refractivity contribution < 1.29 is 14.7 Å². The molecule has 80 valence electrons. The van der Waals surface area contributed by atoms with Gasteiger partial charge in [0.15, 0.2) is 0 Å². The Balaban J connectivity index is 4.22. The summed E-state index contributed by atoms with van der Waals surface area (Å²) < 4.78 is 0. The molecule has 5 nitrogen and oxygen atoms in total. The van der Waals surface area contributed by atoms with Crippen molar-refractivity contribution in [3.63, 3.8) is 0 Å². The SMILES string of the molecule is C=CCC(NC(=O)N(C)CC)C(=O)O. The van der Waals surface area contributed by atoms with E-state index in [1.807, 2.05) is 6.92 Å². The van der Waals surface area contributed by atoms with Gasteiger partial charge in [-0.05, 0) is 13.3 Å². The first-order chi connectivity index (χ1) is 6.52. The van der Waals surface area contributed by atoms with Gasteiger partial charge in [-0.1, -0.05) is 6.08 Å². The molecule has 0 aliphatic carbocycles. The van der Waals surface area contributed by atoms with Crippen LogP contribution in [0.5, 0.6) is 0 Å². The standard InChI is InChI=1S/C9H16N2O3/c1-4-6-7(8(12)13)10-9(14)11(3)5-2/h4,7H,1,5-6H2,2-3H3,(H,10,14)(H,12,13). The lowest BCUT2D eigenvalue weighted by molar-refractivity contribution is -0.139. The number of carboxylic acid groups (broad SMARTS) is 1. The van der Waals surface area contributed by atoms with Gasteiger partial charge in [0, 0.05) is 13.6 Å². The molecule has 0 spiro atoms. The minimum Gasteiger partial charge on any atom is -0.480 e. The first-order valence-electron chi connectivity index (χ1n) is 4.38. The highest BCUT2D eigenvalue weighted by molar-refractivity contribution is 5.82. The van der Waals surface area contributed by atoms with E-state index in [1.165, 1.54) is 11.0 Å². The molecule has 0 aromatic heterocycles. The minimum atomic E-state index is -1.05. The molecule has 0 rings (SSSR count). The summed E-state index contributed by atoms with van der Waals surface area (Å²) in [5, 5.41) is 11.1. The smallest absolute Gasteiger partial charge is 0.326 e. The Morgan fingerprint density at radius 1 is 1.64 bits per heavy atom. The van der Waals surface area contributed by atoms with Crippen molar-refractivity contribution >= 4 is 12.0 Å². The highest BCUT2D eigenvalue weighted by Crippen LogP contribution is 1.95. The molecule has 1 unspecified atom stereocenters. The molecule has 0 saturated carbocycles. The van der Waals surface area contributed by atoms with Gasteiger partial charge in [-0.25, -0.2) is 9.59 Å². The molecule has 0 bridgehead atoms. The van der Waals surface area contributed by atoms with Crippen LogP contribution in [0.1, 0.15) is 13.3 Å². The third-order valence-electron chi connectivity index (χ3n) is 1.82. The third kappa shape index (κ3) is 3.93. The summed E-state index contributed by atoms with van der Waals surface area (Å²) in [5.74, 6) is -1.05. The fourth-order valence-electron chi connectivity index (χ4n) is 0.791. The van der Waals surface area contributed by atoms with Gasteiger partial charge >= 0.3 is 12.0 Å². The summed E-state index contributed by atoms with van der Waals surface area (Å²) in [5.41, 5.74) is 0. The van der Waals surface area contributed by atoms with Gasteiger partial charge < -0.3 is 15.3 Å². The molecule has 2 amide bonds. The Hall–Kier alpha value is -1.52. The molecule has 0 heterocycles. The summed E-state index contributed by atoms with van der Waals surface area (Å²) in [7, 11) is 1.60. The summed E-state index contributed by atoms with van der Waals surface area (Å²) in [6, 6.07) is -1.28. The third-order valence-corrected chi connectivity index (χ3v) is 1.82. The fraction of sp³-hybridized carbons (Fsp3) is 0.556. The Bertz CT molecular complexity index is 228. The van der Waals surface area contributed by atoms with E-state index in [-0.39, 0.29) is 12.5 Å². The Labute approximate surface area is 83.4 Å². The van der Waals surface area contributed by atoms with Crippen LogP contribution < -0.4 is 5.32 Å². The van der Waals surface area contributed by atoms with Crippen LogP contribution in [0.2, 0.25) is 0 Å². The van der Waals surface area contributed by atoms with Gasteiger partial charge in [0.1, 0.15) is 6.04 Å². The number of carbonyl (C=O) groups excluding carboxylic acids is 1. The topological polar surface area (TPSA) is 69.6 Å². The number of aliphatic carboxylic acids is 1. The number of hydrogen-bond acceptors (Lipinski definition) is 2. The van der Waals surface area contributed by atoms with Crippen LogP contribution in [0.25, 0.3) is 0 Å². The maximum Gasteiger partial charge on any atom is 0.326 e. The lowest BCUT2D eigenvalue weighted by atomic mass is 10.2. The number of nitrogens with zero attached hydrogens (tertiary/aromatic N) is 1. The second-order valence-electron chi connectivity index (χ2n) is 2.88. The van der Waals surface area contributed by atoms with Crippen LogP contribution in [-0.4, -0.2) is 41.6 Å². The quantitative estimate of drug-likeness (QED) is 0.641. The van der Waals surface area contributed by atoms with E-state index in [9.17, 15) is 9.59 Å². The van der Waals surface area contributed by atoms with Crippen molar-refractivity contribution in [2.45, 2.75) is 19.4 Å². The summed E-state index contributed by atoms with van der Waals surface area (Å²) in [6.45, 7) is 5.77. The number of nitrogens with one attached hydrogen (secondary N) is 1. The maximum absolute atomic E-state index is 11.3. The van der Waals surface area contributed by atoms with E-state index < -0.39 is 12.0 Å². The fourth-order valence-corrected chi connectivity index (χ4v) is 0.791. The van der Waals surface area contributed by atoms with Crippen LogP contribution in [0, 0.1) is 0 Å². The number of carboxylic acids is 1. The normalized spacial score (nSPS) is 11.6. The van der Waals surface area contributed by atoms with E-state index in [1.54, 1.807) is 7.05 Å². The lowest BCUT2D eigenvalue weighted by Gasteiger charge is -2.19. The molecular formula is C9H16N2O3. The van der Waals surface area contributed by atoms with E-state index in [0.717, 1.165) is 0 Å². The minimum absolute atomic E-state index is 0.221. The molecule has 0 aromatic rings. The molecule has 0 aromatic carbocycles. The van der Waals surface area contributed by atoms with Gasteiger partial charge in [0.25, 0.3) is 0 Å². The van der Waals surface area contributed by atoms with E-state index in [0.29, 0.717) is 6.54 Å². The molecule has 0 aliphatic heterocycles. The molecular weight excluding hydrogens is 184 g/mol. The first-order valence-corrected chi connectivity index (χ1v) is 4.38. The zero-order chi connectivity index (χ0) is 11.1. The highest BCUT2D eigenvalue weighted by Gasteiger charge is 2.19. The predicted molar refractivity (Wildman–Crippen MR) is 53.1 cm³/mol. The molecule has 0 fully saturated rings. The monoisotopic (exact) mass is 200 g/mol. The van der Waals surface area contributed by atoms with Gasteiger partial charge in [-0.2, -0.15) is 0 Å². The van der Waals surface area contributed by atoms with Crippen molar-refractivity contribution in [3.05, 3.63) is 12.7 Å². The van der Waals surface area contributed by atoms with Gasteiger partial charge in [0.2, 0.25) is 0 Å². The molecule has 0 saturated heterocycles. The highest BCUT2D eigenvalue weighted by atomic mass is 16.4. The number of carbonyl (C=O) groups is 2. The zero-order valence-corrected chi connectivity index (χ0v) is 8.49. The maximum atomic E-state index is 11.3. The zero-order valence-electron chi connectivity index (χ0n) is 8.49. The second-order valence-corrected chi connectivity index (χ2v) is 2.88. The Kier molecular flexibility index (Phi) is 5.36. The first kappa shape index (κ1) is 12.5. The van der Waals surface area contributed by atoms with Gasteiger partial charge in [0.05, 0.1) is 0 Å². The molecule has 1 atom stereocenters.